The minimum atomic E-state index is -4.12. The van der Waals surface area contributed by atoms with Gasteiger partial charge in [0.25, 0.3) is 10.1 Å². The van der Waals surface area contributed by atoms with Gasteiger partial charge in [0.1, 0.15) is 24.9 Å². The van der Waals surface area contributed by atoms with Crippen molar-refractivity contribution in [3.63, 3.8) is 0 Å². The van der Waals surface area contributed by atoms with Crippen LogP contribution >= 0.6 is 0 Å². The van der Waals surface area contributed by atoms with Gasteiger partial charge in [-0.25, -0.2) is 0 Å². The van der Waals surface area contributed by atoms with Gasteiger partial charge in [-0.3, -0.25) is 4.18 Å². The first kappa shape index (κ1) is 53.3. The molecule has 0 aromatic heterocycles. The van der Waals surface area contributed by atoms with Crippen LogP contribution < -0.4 is 0 Å². The van der Waals surface area contributed by atoms with E-state index in [9.17, 15) is 8.42 Å². The highest BCUT2D eigenvalue weighted by Crippen LogP contribution is 2.42. The Kier molecular flexibility index (Phi) is 17.7. The predicted molar refractivity (Wildman–Crippen MR) is 258 cm³/mol. The normalized spacial score (nSPS) is 32.8. The van der Waals surface area contributed by atoms with Crippen LogP contribution in [0.4, 0.5) is 0 Å². The fraction of sp³-hybridized carbons (Fsp3) is 0.720. The molecule has 4 aliphatic rings. The minimum absolute atomic E-state index is 0.0261. The second-order valence-corrected chi connectivity index (χ2v) is 32.9. The zero-order valence-electron chi connectivity index (χ0n) is 42.0. The zero-order valence-corrected chi connectivity index (χ0v) is 44.8. The fourth-order valence-electron chi connectivity index (χ4n) is 8.21. The van der Waals surface area contributed by atoms with E-state index in [-0.39, 0.29) is 59.0 Å². The first-order valence-corrected chi connectivity index (χ1v) is 31.3. The summed E-state index contributed by atoms with van der Waals surface area (Å²) in [4.78, 5) is 0.0522. The summed E-state index contributed by atoms with van der Waals surface area (Å²) in [5, 5.41) is 0.145. The largest absolute Gasteiger partial charge is 0.493 e. The fourth-order valence-corrected chi connectivity index (χ4v) is 12.0. The molecule has 6 rings (SSSR count). The molecule has 13 atom stereocenters. The molecule has 0 unspecified atom stereocenters. The predicted octanol–water partition coefficient (Wildman–Crippen LogP) is 10.3. The van der Waals surface area contributed by atoms with Crippen molar-refractivity contribution in [3.05, 3.63) is 78.1 Å². The van der Waals surface area contributed by atoms with Gasteiger partial charge in [0.15, 0.2) is 41.6 Å². The number of hydrogen-bond donors (Lipinski definition) is 0. The Morgan fingerprint density at radius 1 is 0.652 bits per heavy atom. The van der Waals surface area contributed by atoms with E-state index in [4.69, 9.17) is 50.9 Å². The molecular formula is C50H80O13SSi2. The van der Waals surface area contributed by atoms with Crippen LogP contribution in [-0.2, 0) is 67.7 Å². The van der Waals surface area contributed by atoms with Crippen molar-refractivity contribution in [2.75, 3.05) is 6.61 Å². The molecule has 372 valence electrons. The van der Waals surface area contributed by atoms with E-state index in [1.807, 2.05) is 44.2 Å². The lowest BCUT2D eigenvalue weighted by atomic mass is 10.00. The van der Waals surface area contributed by atoms with Gasteiger partial charge in [-0.05, 0) is 101 Å². The smallest absolute Gasteiger partial charge is 0.297 e. The maximum Gasteiger partial charge on any atom is 0.297 e. The van der Waals surface area contributed by atoms with Gasteiger partial charge in [0.2, 0.25) is 0 Å². The molecule has 4 aliphatic heterocycles. The lowest BCUT2D eigenvalue weighted by molar-refractivity contribution is -0.339. The lowest BCUT2D eigenvalue weighted by Crippen LogP contribution is -2.57. The summed E-state index contributed by atoms with van der Waals surface area (Å²) < 4.78 is 99.1. The van der Waals surface area contributed by atoms with Crippen molar-refractivity contribution in [2.45, 2.75) is 229 Å². The van der Waals surface area contributed by atoms with Crippen LogP contribution in [0.1, 0.15) is 106 Å². The van der Waals surface area contributed by atoms with E-state index >= 15 is 0 Å². The first-order chi connectivity index (χ1) is 30.8. The molecule has 0 radical (unpaired) electrons. The number of benzene rings is 2. The number of aryl methyl sites for hydroxylation is 1. The van der Waals surface area contributed by atoms with Gasteiger partial charge < -0.3 is 46.7 Å². The van der Waals surface area contributed by atoms with Crippen molar-refractivity contribution in [1.29, 1.82) is 0 Å². The summed E-state index contributed by atoms with van der Waals surface area (Å²) in [6.07, 6.45) is 0.253. The molecule has 0 N–H and O–H groups in total. The highest BCUT2D eigenvalue weighted by Gasteiger charge is 2.48. The average molecular weight is 977 g/mol. The van der Waals surface area contributed by atoms with Gasteiger partial charge in [-0.15, -0.1) is 0 Å². The second-order valence-electron chi connectivity index (χ2n) is 21.7. The van der Waals surface area contributed by atoms with Crippen LogP contribution in [0.3, 0.4) is 0 Å². The summed E-state index contributed by atoms with van der Waals surface area (Å²) >= 11 is 0. The average Bonchev–Trinajstić information content (AvgIpc) is 3.23. The molecule has 66 heavy (non-hydrogen) atoms. The van der Waals surface area contributed by atoms with Crippen molar-refractivity contribution in [3.8, 4) is 0 Å². The van der Waals surface area contributed by atoms with E-state index in [1.54, 1.807) is 18.2 Å². The third-order valence-corrected chi connectivity index (χ3v) is 24.7. The van der Waals surface area contributed by atoms with E-state index < -0.39 is 82.2 Å². The van der Waals surface area contributed by atoms with E-state index in [0.29, 0.717) is 12.8 Å². The van der Waals surface area contributed by atoms with Crippen LogP contribution in [0.2, 0.25) is 36.3 Å². The Morgan fingerprint density at radius 2 is 1.18 bits per heavy atom. The van der Waals surface area contributed by atoms with Crippen molar-refractivity contribution >= 4 is 26.8 Å². The van der Waals surface area contributed by atoms with Crippen LogP contribution in [0, 0.1) is 6.92 Å². The third kappa shape index (κ3) is 13.8. The van der Waals surface area contributed by atoms with E-state index in [0.717, 1.165) is 24.0 Å². The van der Waals surface area contributed by atoms with Gasteiger partial charge >= 0.3 is 0 Å². The standard InChI is InChI=1S/C50H80O13SSi2/c1-33-20-22-38(23-21-33)64(51,52)55-32-43-48(41(28-29-53-43)54-31-37-18-16-15-17-19-37)61-46-30-42(59-44-26-24-39(34(2)56-44)62-65(11,12)49(5,6)7)47(36(4)58-46)60-45-27-25-40(35(3)57-45)63-66(13,14)50(8,9)10/h15-23,28-29,34-36,39-48H,24-27,30-32H2,1-14H3/t34-,35-,36+,39-,40-,41+,42+,43+,44-,45-,46-,47+,48-/m0/s1. The Balaban J connectivity index is 1.20. The third-order valence-electron chi connectivity index (χ3n) is 14.4. The molecule has 0 saturated carbocycles. The highest BCUT2D eigenvalue weighted by atomic mass is 32.2. The number of rotatable bonds is 17. The van der Waals surface area contributed by atoms with Crippen molar-refractivity contribution in [2.24, 2.45) is 0 Å². The molecule has 0 aliphatic carbocycles. The maximum atomic E-state index is 13.4. The molecule has 16 heteroatoms. The summed E-state index contributed by atoms with van der Waals surface area (Å²) in [5.74, 6) is 0. The molecule has 13 nitrogen and oxygen atoms in total. The van der Waals surface area contributed by atoms with E-state index in [1.165, 1.54) is 18.4 Å². The van der Waals surface area contributed by atoms with Gasteiger partial charge in [0, 0.05) is 19.3 Å². The molecular weight excluding hydrogens is 897 g/mol. The number of ether oxygens (including phenoxy) is 8. The van der Waals surface area contributed by atoms with E-state index in [2.05, 4.69) is 81.6 Å². The summed E-state index contributed by atoms with van der Waals surface area (Å²) in [7, 11) is -8.19. The van der Waals surface area contributed by atoms with Gasteiger partial charge in [0.05, 0.1) is 54.4 Å². The molecule has 2 aromatic carbocycles. The van der Waals surface area contributed by atoms with Crippen LogP contribution in [0.25, 0.3) is 0 Å². The second kappa shape index (κ2) is 21.9. The molecule has 3 fully saturated rings. The Labute approximate surface area is 398 Å². The summed E-state index contributed by atoms with van der Waals surface area (Å²) in [6, 6.07) is 16.3. The molecule has 3 saturated heterocycles. The Morgan fingerprint density at radius 3 is 1.73 bits per heavy atom. The molecule has 2 aromatic rings. The quantitative estimate of drug-likeness (QED) is 0.110. The highest BCUT2D eigenvalue weighted by molar-refractivity contribution is 7.86. The number of hydrogen-bond acceptors (Lipinski definition) is 13. The van der Waals surface area contributed by atoms with Crippen LogP contribution in [-0.4, -0.2) is 112 Å². The monoisotopic (exact) mass is 976 g/mol. The Hall–Kier alpha value is -2.04. The van der Waals surface area contributed by atoms with Crippen molar-refractivity contribution < 1.29 is 59.3 Å². The topological polar surface area (TPSA) is 136 Å². The van der Waals surface area contributed by atoms with Gasteiger partial charge in [-0.1, -0.05) is 89.6 Å². The SMILES string of the molecule is Cc1ccc(S(=O)(=O)OC[C@H]2OC=C[C@@H](OCc3ccccc3)[C@@H]2O[C@H]2C[C@@H](O[C@H]3CC[C@H](O[Si](C)(C)C(C)(C)C)[C@H](C)O3)[C@H](O[C@H]3CC[C@H](O[Si](C)(C)C(C)(C)C)[C@H](C)O3)[C@@H](C)O2)cc1. The lowest BCUT2D eigenvalue weighted by Gasteiger charge is -2.47. The van der Waals surface area contributed by atoms with Crippen molar-refractivity contribution in [1.82, 2.24) is 0 Å². The van der Waals surface area contributed by atoms with Crippen LogP contribution in [0.15, 0.2) is 71.8 Å². The van der Waals surface area contributed by atoms with Gasteiger partial charge in [-0.2, -0.15) is 8.42 Å². The zero-order chi connectivity index (χ0) is 48.2. The maximum absolute atomic E-state index is 13.4. The molecule has 0 spiro atoms. The Bertz CT molecular complexity index is 1970. The first-order valence-electron chi connectivity index (χ1n) is 24.0. The molecule has 0 amide bonds. The summed E-state index contributed by atoms with van der Waals surface area (Å²) in [6.45, 7) is 30.5. The van der Waals surface area contributed by atoms with Crippen LogP contribution in [0.5, 0.6) is 0 Å². The minimum Gasteiger partial charge on any atom is -0.493 e. The molecule has 4 heterocycles. The molecule has 0 bridgehead atoms. The summed E-state index contributed by atoms with van der Waals surface area (Å²) in [5.41, 5.74) is 1.90.